The molecule has 0 saturated carbocycles. The second-order valence-electron chi connectivity index (χ2n) is 4.86. The molecule has 1 aromatic carbocycles. The van der Waals surface area contributed by atoms with E-state index in [4.69, 9.17) is 5.73 Å². The summed E-state index contributed by atoms with van der Waals surface area (Å²) in [5.41, 5.74) is 6.49. The minimum Gasteiger partial charge on any atom is -0.398 e. The van der Waals surface area contributed by atoms with E-state index >= 15 is 0 Å². The van der Waals surface area contributed by atoms with Gasteiger partial charge in [-0.2, -0.15) is 0 Å². The Hall–Kier alpha value is -0.720. The molecular weight excluding hydrogens is 280 g/mol. The van der Waals surface area contributed by atoms with Crippen LogP contribution in [0.2, 0.25) is 0 Å². The standard InChI is InChI=1S/C13H22N2O2S2/c1-10(2)11(3)15-19(16,17)9-8-18-13-7-5-4-6-12(13)14/h4-7,10-11,15H,8-9,14H2,1-3H3. The Labute approximate surface area is 120 Å². The van der Waals surface area contributed by atoms with Crippen LogP contribution in [0.4, 0.5) is 5.69 Å². The summed E-state index contributed by atoms with van der Waals surface area (Å²) in [7, 11) is -3.22. The van der Waals surface area contributed by atoms with Crippen LogP contribution in [-0.4, -0.2) is 26.0 Å². The maximum Gasteiger partial charge on any atom is 0.212 e. The van der Waals surface area contributed by atoms with Crippen molar-refractivity contribution in [3.63, 3.8) is 0 Å². The molecule has 6 heteroatoms. The smallest absolute Gasteiger partial charge is 0.212 e. The fraction of sp³-hybridized carbons (Fsp3) is 0.538. The fourth-order valence-corrected chi connectivity index (χ4v) is 4.15. The molecule has 0 aromatic heterocycles. The van der Waals surface area contributed by atoms with Crippen LogP contribution in [0.5, 0.6) is 0 Å². The second-order valence-corrected chi connectivity index (χ2v) is 7.87. The Morgan fingerprint density at radius 2 is 1.89 bits per heavy atom. The number of nitrogen functional groups attached to an aromatic ring is 1. The van der Waals surface area contributed by atoms with Crippen LogP contribution in [0, 0.1) is 5.92 Å². The van der Waals surface area contributed by atoms with Crippen LogP contribution in [-0.2, 0) is 10.0 Å². The summed E-state index contributed by atoms with van der Waals surface area (Å²) in [4.78, 5) is 0.926. The average Bonchev–Trinajstić information content (AvgIpc) is 2.30. The predicted molar refractivity (Wildman–Crippen MR) is 82.8 cm³/mol. The zero-order valence-corrected chi connectivity index (χ0v) is 13.2. The van der Waals surface area contributed by atoms with Gasteiger partial charge in [-0.05, 0) is 25.0 Å². The van der Waals surface area contributed by atoms with Gasteiger partial charge in [0.2, 0.25) is 10.0 Å². The van der Waals surface area contributed by atoms with Gasteiger partial charge in [-0.3, -0.25) is 0 Å². The van der Waals surface area contributed by atoms with Gasteiger partial charge in [-0.1, -0.05) is 26.0 Å². The predicted octanol–water partition coefficient (Wildman–Crippen LogP) is 2.32. The molecule has 0 fully saturated rings. The van der Waals surface area contributed by atoms with Crippen LogP contribution in [0.3, 0.4) is 0 Å². The number of thioether (sulfide) groups is 1. The average molecular weight is 302 g/mol. The van der Waals surface area contributed by atoms with Gasteiger partial charge < -0.3 is 5.73 Å². The maximum atomic E-state index is 11.9. The number of anilines is 1. The summed E-state index contributed by atoms with van der Waals surface area (Å²) in [6.45, 7) is 5.86. The van der Waals surface area contributed by atoms with E-state index in [1.807, 2.05) is 45.0 Å². The molecule has 0 bridgehead atoms. The van der Waals surface area contributed by atoms with Crippen LogP contribution in [0.15, 0.2) is 29.2 Å². The number of benzene rings is 1. The van der Waals surface area contributed by atoms with Crippen LogP contribution >= 0.6 is 11.8 Å². The van der Waals surface area contributed by atoms with Gasteiger partial charge in [-0.15, -0.1) is 11.8 Å². The molecular formula is C13H22N2O2S2. The van der Waals surface area contributed by atoms with Crippen LogP contribution in [0.25, 0.3) is 0 Å². The fourth-order valence-electron chi connectivity index (χ4n) is 1.35. The topological polar surface area (TPSA) is 72.2 Å². The number of nitrogens with one attached hydrogen (secondary N) is 1. The number of nitrogens with two attached hydrogens (primary N) is 1. The first-order valence-corrected chi connectivity index (χ1v) is 8.93. The van der Waals surface area contributed by atoms with Crippen LogP contribution < -0.4 is 10.5 Å². The van der Waals surface area contributed by atoms with E-state index < -0.39 is 10.0 Å². The summed E-state index contributed by atoms with van der Waals surface area (Å²) in [5, 5.41) is 0. The van der Waals surface area contributed by atoms with Gasteiger partial charge in [0.15, 0.2) is 0 Å². The Bertz CT molecular complexity index is 501. The van der Waals surface area contributed by atoms with Gasteiger partial charge in [-0.25, -0.2) is 13.1 Å². The molecule has 0 saturated heterocycles. The van der Waals surface area contributed by atoms with Crippen LogP contribution in [0.1, 0.15) is 20.8 Å². The number of para-hydroxylation sites is 1. The molecule has 0 heterocycles. The van der Waals surface area contributed by atoms with E-state index in [1.165, 1.54) is 11.8 Å². The normalized spacial score (nSPS) is 13.7. The molecule has 1 unspecified atom stereocenters. The monoisotopic (exact) mass is 302 g/mol. The number of rotatable bonds is 7. The molecule has 0 amide bonds. The van der Waals surface area contributed by atoms with E-state index in [2.05, 4.69) is 4.72 Å². The molecule has 0 radical (unpaired) electrons. The Morgan fingerprint density at radius 1 is 1.26 bits per heavy atom. The zero-order chi connectivity index (χ0) is 14.5. The SMILES string of the molecule is CC(C)C(C)NS(=O)(=O)CCSc1ccccc1N. The van der Waals surface area contributed by atoms with Crippen molar-refractivity contribution in [1.82, 2.24) is 4.72 Å². The van der Waals surface area contributed by atoms with Crippen molar-refractivity contribution in [2.45, 2.75) is 31.7 Å². The lowest BCUT2D eigenvalue weighted by Gasteiger charge is -2.17. The van der Waals surface area contributed by atoms with Crippen molar-refractivity contribution < 1.29 is 8.42 Å². The first-order valence-electron chi connectivity index (χ1n) is 6.29. The minimum absolute atomic E-state index is 0.0446. The molecule has 0 aliphatic rings. The quantitative estimate of drug-likeness (QED) is 0.599. The molecule has 4 nitrogen and oxygen atoms in total. The lowest BCUT2D eigenvalue weighted by molar-refractivity contribution is 0.477. The third-order valence-electron chi connectivity index (χ3n) is 2.89. The van der Waals surface area contributed by atoms with E-state index in [0.717, 1.165) is 4.90 Å². The first-order chi connectivity index (χ1) is 8.82. The van der Waals surface area contributed by atoms with Gasteiger partial charge in [0.25, 0.3) is 0 Å². The first kappa shape index (κ1) is 16.3. The Balaban J connectivity index is 2.46. The second kappa shape index (κ2) is 7.17. The molecule has 108 valence electrons. The third kappa shape index (κ3) is 5.84. The number of hydrogen-bond acceptors (Lipinski definition) is 4. The number of hydrogen-bond donors (Lipinski definition) is 2. The minimum atomic E-state index is -3.22. The van der Waals surface area contributed by atoms with Crippen molar-refractivity contribution >= 4 is 27.5 Å². The van der Waals surface area contributed by atoms with Gasteiger partial charge in [0, 0.05) is 22.4 Å². The van der Waals surface area contributed by atoms with Gasteiger partial charge in [0.1, 0.15) is 0 Å². The highest BCUT2D eigenvalue weighted by Gasteiger charge is 2.16. The summed E-state index contributed by atoms with van der Waals surface area (Å²) in [6.07, 6.45) is 0. The Morgan fingerprint density at radius 3 is 2.47 bits per heavy atom. The molecule has 0 aliphatic carbocycles. The zero-order valence-electron chi connectivity index (χ0n) is 11.6. The summed E-state index contributed by atoms with van der Waals surface area (Å²) < 4.78 is 26.4. The van der Waals surface area contributed by atoms with Crippen molar-refractivity contribution in [1.29, 1.82) is 0 Å². The highest BCUT2D eigenvalue weighted by Crippen LogP contribution is 2.24. The highest BCUT2D eigenvalue weighted by atomic mass is 32.2. The highest BCUT2D eigenvalue weighted by molar-refractivity contribution is 8.00. The largest absolute Gasteiger partial charge is 0.398 e. The third-order valence-corrected chi connectivity index (χ3v) is 5.72. The van der Waals surface area contributed by atoms with Crippen molar-refractivity contribution in [3.8, 4) is 0 Å². The summed E-state index contributed by atoms with van der Waals surface area (Å²) >= 11 is 1.47. The van der Waals surface area contributed by atoms with Crippen molar-refractivity contribution in [2.24, 2.45) is 5.92 Å². The van der Waals surface area contributed by atoms with E-state index in [9.17, 15) is 8.42 Å². The molecule has 1 atom stereocenters. The maximum absolute atomic E-state index is 11.9. The molecule has 1 aromatic rings. The molecule has 0 spiro atoms. The van der Waals surface area contributed by atoms with Gasteiger partial charge >= 0.3 is 0 Å². The molecule has 1 rings (SSSR count). The summed E-state index contributed by atoms with van der Waals surface area (Å²) in [5.74, 6) is 0.879. The molecule has 0 aliphatic heterocycles. The molecule has 3 N–H and O–H groups in total. The van der Waals surface area contributed by atoms with Gasteiger partial charge in [0.05, 0.1) is 5.75 Å². The lowest BCUT2D eigenvalue weighted by Crippen LogP contribution is -2.38. The van der Waals surface area contributed by atoms with Crippen molar-refractivity contribution in [2.75, 3.05) is 17.2 Å². The van der Waals surface area contributed by atoms with E-state index in [-0.39, 0.29) is 17.7 Å². The van der Waals surface area contributed by atoms with Crippen molar-refractivity contribution in [3.05, 3.63) is 24.3 Å². The molecule has 19 heavy (non-hydrogen) atoms. The van der Waals surface area contributed by atoms with E-state index in [1.54, 1.807) is 0 Å². The Kier molecular flexibility index (Phi) is 6.16. The van der Waals surface area contributed by atoms with E-state index in [0.29, 0.717) is 11.4 Å². The number of sulfonamides is 1. The lowest BCUT2D eigenvalue weighted by atomic mass is 10.1. The summed E-state index contributed by atoms with van der Waals surface area (Å²) in [6, 6.07) is 7.43.